The van der Waals surface area contributed by atoms with Crippen molar-refractivity contribution in [3.8, 4) is 11.5 Å². The Kier molecular flexibility index (Phi) is 9.21. The van der Waals surface area contributed by atoms with Crippen molar-refractivity contribution in [2.75, 3.05) is 27.4 Å². The Labute approximate surface area is 171 Å². The molecule has 156 valence electrons. The molecule has 0 aliphatic heterocycles. The lowest BCUT2D eigenvalue weighted by molar-refractivity contribution is -0.134. The van der Waals surface area contributed by atoms with Crippen molar-refractivity contribution in [3.05, 3.63) is 72.3 Å². The largest absolute Gasteiger partial charge is 0.497 e. The number of benzene rings is 2. The summed E-state index contributed by atoms with van der Waals surface area (Å²) in [6.07, 6.45) is 3.86. The minimum absolute atomic E-state index is 0.0557. The third-order valence-electron chi connectivity index (χ3n) is 4.28. The molecule has 0 fully saturated rings. The van der Waals surface area contributed by atoms with Crippen LogP contribution in [0, 0.1) is 0 Å². The van der Waals surface area contributed by atoms with Gasteiger partial charge in [0.05, 0.1) is 27.4 Å². The molecule has 2 rings (SSSR count). The number of aliphatic hydroxyl groups is 1. The van der Waals surface area contributed by atoms with Crippen LogP contribution in [0.2, 0.25) is 0 Å². The number of hydrogen-bond donors (Lipinski definition) is 1. The van der Waals surface area contributed by atoms with E-state index in [4.69, 9.17) is 14.2 Å². The molecule has 0 aromatic heterocycles. The molecule has 6 nitrogen and oxygen atoms in total. The lowest BCUT2D eigenvalue weighted by Gasteiger charge is -2.27. The highest BCUT2D eigenvalue weighted by molar-refractivity contribution is 5.81. The molecule has 0 spiro atoms. The van der Waals surface area contributed by atoms with Gasteiger partial charge in [-0.3, -0.25) is 0 Å². The van der Waals surface area contributed by atoms with Crippen molar-refractivity contribution < 1.29 is 28.8 Å². The molecule has 6 heteroatoms. The van der Waals surface area contributed by atoms with Gasteiger partial charge in [0.2, 0.25) is 0 Å². The molecule has 0 radical (unpaired) electrons. The highest BCUT2D eigenvalue weighted by Gasteiger charge is 2.28. The van der Waals surface area contributed by atoms with Gasteiger partial charge in [0.1, 0.15) is 23.7 Å². The van der Waals surface area contributed by atoms with Gasteiger partial charge in [0.25, 0.3) is 0 Å². The number of allylic oxidation sites excluding steroid dienone is 1. The Morgan fingerprint density at radius 2 is 1.69 bits per heavy atom. The summed E-state index contributed by atoms with van der Waals surface area (Å²) in [7, 11) is 2.92. The van der Waals surface area contributed by atoms with E-state index in [9.17, 15) is 9.90 Å². The van der Waals surface area contributed by atoms with Gasteiger partial charge in [-0.15, -0.1) is 0 Å². The molecule has 2 aromatic carbocycles. The minimum atomic E-state index is -1.21. The summed E-state index contributed by atoms with van der Waals surface area (Å²) >= 11 is 0. The summed E-state index contributed by atoms with van der Waals surface area (Å²) in [4.78, 5) is 11.2. The van der Waals surface area contributed by atoms with Crippen molar-refractivity contribution >= 4 is 5.97 Å². The van der Waals surface area contributed by atoms with E-state index in [1.807, 2.05) is 30.3 Å². The van der Waals surface area contributed by atoms with Crippen LogP contribution in [0.5, 0.6) is 11.5 Å². The van der Waals surface area contributed by atoms with E-state index in [0.29, 0.717) is 25.2 Å². The Morgan fingerprint density at radius 1 is 1.00 bits per heavy atom. The van der Waals surface area contributed by atoms with Crippen LogP contribution in [0.25, 0.3) is 0 Å². The molecule has 0 heterocycles. The van der Waals surface area contributed by atoms with Crippen LogP contribution in [0.1, 0.15) is 18.4 Å². The topological polar surface area (TPSA) is 74.2 Å². The fraction of sp³-hybridized carbons (Fsp3) is 0.348. The third-order valence-corrected chi connectivity index (χ3v) is 4.28. The van der Waals surface area contributed by atoms with Gasteiger partial charge in [0, 0.05) is 6.08 Å². The van der Waals surface area contributed by atoms with Gasteiger partial charge < -0.3 is 24.1 Å². The van der Waals surface area contributed by atoms with Crippen molar-refractivity contribution in [2.24, 2.45) is 0 Å². The Balaban J connectivity index is 1.93. The van der Waals surface area contributed by atoms with E-state index in [0.717, 1.165) is 11.3 Å². The maximum atomic E-state index is 11.2. The molecule has 1 atom stereocenters. The monoisotopic (exact) mass is 400 g/mol. The van der Waals surface area contributed by atoms with E-state index >= 15 is 0 Å². The van der Waals surface area contributed by atoms with Crippen LogP contribution in [0.15, 0.2) is 66.7 Å². The average Bonchev–Trinajstić information content (AvgIpc) is 2.76. The summed E-state index contributed by atoms with van der Waals surface area (Å²) < 4.78 is 21.2. The lowest BCUT2D eigenvalue weighted by Crippen LogP contribution is -2.41. The van der Waals surface area contributed by atoms with E-state index in [2.05, 4.69) is 4.74 Å². The summed E-state index contributed by atoms with van der Waals surface area (Å²) in [6, 6.07) is 16.9. The number of methoxy groups -OCH3 is 2. The van der Waals surface area contributed by atoms with E-state index in [-0.39, 0.29) is 13.2 Å². The summed E-state index contributed by atoms with van der Waals surface area (Å²) in [6.45, 7) is 0.550. The fourth-order valence-electron chi connectivity index (χ4n) is 2.61. The standard InChI is InChI=1S/C23H28O6/c1-26-20-11-13-21(14-12-20)29-18-23(25,15-7-6-10-22(24)27-2)17-28-16-19-8-4-3-5-9-19/h3-6,8-14,25H,7,15-18H2,1-2H3/b10-6+. The maximum absolute atomic E-state index is 11.2. The molecule has 0 saturated carbocycles. The number of esters is 1. The molecule has 0 amide bonds. The highest BCUT2D eigenvalue weighted by Crippen LogP contribution is 2.21. The van der Waals surface area contributed by atoms with Crippen molar-refractivity contribution in [1.82, 2.24) is 0 Å². The zero-order valence-electron chi connectivity index (χ0n) is 16.9. The maximum Gasteiger partial charge on any atom is 0.330 e. The van der Waals surface area contributed by atoms with Crippen molar-refractivity contribution in [3.63, 3.8) is 0 Å². The van der Waals surface area contributed by atoms with Crippen LogP contribution in [0.4, 0.5) is 0 Å². The van der Waals surface area contributed by atoms with Crippen LogP contribution in [0.3, 0.4) is 0 Å². The van der Waals surface area contributed by atoms with Gasteiger partial charge in [-0.25, -0.2) is 4.79 Å². The first-order chi connectivity index (χ1) is 14.0. The average molecular weight is 400 g/mol. The smallest absolute Gasteiger partial charge is 0.330 e. The van der Waals surface area contributed by atoms with Crippen LogP contribution in [-0.2, 0) is 20.9 Å². The molecule has 1 N–H and O–H groups in total. The Hall–Kier alpha value is -2.83. The zero-order valence-corrected chi connectivity index (χ0v) is 16.9. The SMILES string of the molecule is COC(=O)/C=C/CCC(O)(COCc1ccccc1)COc1ccc(OC)cc1. The molecule has 29 heavy (non-hydrogen) atoms. The second kappa shape index (κ2) is 11.9. The zero-order chi connectivity index (χ0) is 21.0. The number of carbonyl (C=O) groups excluding carboxylic acids is 1. The third kappa shape index (κ3) is 8.37. The highest BCUT2D eigenvalue weighted by atomic mass is 16.5. The minimum Gasteiger partial charge on any atom is -0.497 e. The first-order valence-corrected chi connectivity index (χ1v) is 9.40. The summed E-state index contributed by atoms with van der Waals surface area (Å²) in [5.41, 5.74) is -0.189. The quantitative estimate of drug-likeness (QED) is 0.434. The molecule has 1 unspecified atom stereocenters. The second-order valence-electron chi connectivity index (χ2n) is 6.63. The van der Waals surface area contributed by atoms with Crippen LogP contribution in [-0.4, -0.2) is 44.1 Å². The van der Waals surface area contributed by atoms with E-state index in [1.165, 1.54) is 13.2 Å². The first-order valence-electron chi connectivity index (χ1n) is 9.40. The van der Waals surface area contributed by atoms with Crippen molar-refractivity contribution in [1.29, 1.82) is 0 Å². The summed E-state index contributed by atoms with van der Waals surface area (Å²) in [5.74, 6) is 0.924. The second-order valence-corrected chi connectivity index (χ2v) is 6.63. The first kappa shape index (κ1) is 22.5. The molecule has 0 aliphatic carbocycles. The lowest BCUT2D eigenvalue weighted by atomic mass is 9.99. The summed E-state index contributed by atoms with van der Waals surface area (Å²) in [5, 5.41) is 11.0. The Morgan fingerprint density at radius 3 is 2.34 bits per heavy atom. The predicted molar refractivity (Wildman–Crippen MR) is 110 cm³/mol. The number of ether oxygens (including phenoxy) is 4. The Bertz CT molecular complexity index is 757. The van der Waals surface area contributed by atoms with Crippen LogP contribution >= 0.6 is 0 Å². The molecular formula is C23H28O6. The van der Waals surface area contributed by atoms with Gasteiger partial charge in [-0.1, -0.05) is 36.4 Å². The van der Waals surface area contributed by atoms with Gasteiger partial charge >= 0.3 is 5.97 Å². The molecule has 0 saturated heterocycles. The van der Waals surface area contributed by atoms with Gasteiger partial charge in [0.15, 0.2) is 0 Å². The number of hydrogen-bond acceptors (Lipinski definition) is 6. The number of rotatable bonds is 12. The van der Waals surface area contributed by atoms with E-state index in [1.54, 1.807) is 37.5 Å². The molecule has 0 aliphatic rings. The molecular weight excluding hydrogens is 372 g/mol. The van der Waals surface area contributed by atoms with E-state index < -0.39 is 11.6 Å². The fourth-order valence-corrected chi connectivity index (χ4v) is 2.61. The van der Waals surface area contributed by atoms with Crippen molar-refractivity contribution in [2.45, 2.75) is 25.0 Å². The normalized spacial score (nSPS) is 13.1. The molecule has 0 bridgehead atoms. The van der Waals surface area contributed by atoms with Crippen LogP contribution < -0.4 is 9.47 Å². The predicted octanol–water partition coefficient (Wildman–Crippen LogP) is 3.53. The van der Waals surface area contributed by atoms with Gasteiger partial charge in [-0.05, 0) is 42.7 Å². The molecule has 2 aromatic rings. The van der Waals surface area contributed by atoms with Gasteiger partial charge in [-0.2, -0.15) is 0 Å². The number of carbonyl (C=O) groups is 1.